The first-order valence-electron chi connectivity index (χ1n) is 4.05. The van der Waals surface area contributed by atoms with E-state index in [-0.39, 0.29) is 6.54 Å². The fraction of sp³-hybridized carbons (Fsp3) is 0.222. The van der Waals surface area contributed by atoms with E-state index in [0.29, 0.717) is 11.4 Å². The maximum atomic E-state index is 13.3. The Morgan fingerprint density at radius 2 is 2.21 bits per heavy atom. The van der Waals surface area contributed by atoms with Crippen molar-refractivity contribution in [1.82, 2.24) is 0 Å². The van der Waals surface area contributed by atoms with Gasteiger partial charge in [-0.1, -0.05) is 0 Å². The molecule has 1 rings (SSSR count). The molecule has 0 atom stereocenters. The number of amides is 1. The van der Waals surface area contributed by atoms with Gasteiger partial charge in [0.25, 0.3) is 0 Å². The first-order chi connectivity index (χ1) is 6.50. The van der Waals surface area contributed by atoms with Gasteiger partial charge in [-0.2, -0.15) is 0 Å². The minimum Gasteiger partial charge on any atom is -0.399 e. The monoisotopic (exact) mass is 197 g/mol. The number of anilines is 2. The van der Waals surface area contributed by atoms with Crippen molar-refractivity contribution in [3.8, 4) is 0 Å². The van der Waals surface area contributed by atoms with Gasteiger partial charge in [-0.15, -0.1) is 0 Å². The molecule has 4 N–H and O–H groups in total. The number of hydrogen-bond donors (Lipinski definition) is 2. The van der Waals surface area contributed by atoms with Crippen LogP contribution in [0.2, 0.25) is 0 Å². The summed E-state index contributed by atoms with van der Waals surface area (Å²) in [5, 5.41) is 0. The summed E-state index contributed by atoms with van der Waals surface area (Å²) < 4.78 is 13.3. The number of nitrogens with zero attached hydrogens (tertiary/aromatic N) is 1. The van der Waals surface area contributed by atoms with Crippen LogP contribution in [0.5, 0.6) is 0 Å². The molecule has 5 heteroatoms. The van der Waals surface area contributed by atoms with Gasteiger partial charge in [-0.25, -0.2) is 4.39 Å². The molecule has 0 unspecified atom stereocenters. The van der Waals surface area contributed by atoms with Crippen LogP contribution in [0.3, 0.4) is 0 Å². The van der Waals surface area contributed by atoms with Crippen molar-refractivity contribution in [3.63, 3.8) is 0 Å². The Morgan fingerprint density at radius 3 is 2.71 bits per heavy atom. The van der Waals surface area contributed by atoms with E-state index in [1.807, 2.05) is 0 Å². The van der Waals surface area contributed by atoms with Crippen molar-refractivity contribution < 1.29 is 9.18 Å². The quantitative estimate of drug-likeness (QED) is 0.686. The second kappa shape index (κ2) is 3.95. The normalized spacial score (nSPS) is 9.86. The topological polar surface area (TPSA) is 72.3 Å². The number of nitrogens with two attached hydrogens (primary N) is 2. The molecule has 0 fully saturated rings. The van der Waals surface area contributed by atoms with E-state index in [2.05, 4.69) is 0 Å². The molecular weight excluding hydrogens is 185 g/mol. The zero-order valence-corrected chi connectivity index (χ0v) is 7.83. The molecule has 0 aliphatic carbocycles. The Hall–Kier alpha value is -1.78. The third-order valence-electron chi connectivity index (χ3n) is 1.78. The number of carbonyl (C=O) groups is 1. The summed E-state index contributed by atoms with van der Waals surface area (Å²) in [6.07, 6.45) is 0. The van der Waals surface area contributed by atoms with Crippen LogP contribution in [0.25, 0.3) is 0 Å². The highest BCUT2D eigenvalue weighted by Gasteiger charge is 2.09. The van der Waals surface area contributed by atoms with E-state index in [1.165, 1.54) is 17.0 Å². The first-order valence-corrected chi connectivity index (χ1v) is 4.05. The summed E-state index contributed by atoms with van der Waals surface area (Å²) in [6, 6.07) is 4.27. The number of likely N-dealkylation sites (N-methyl/N-ethyl adjacent to an activating group) is 1. The minimum atomic E-state index is -0.510. The van der Waals surface area contributed by atoms with Crippen LogP contribution in [-0.4, -0.2) is 19.5 Å². The molecule has 1 aromatic carbocycles. The van der Waals surface area contributed by atoms with Crippen LogP contribution < -0.4 is 16.4 Å². The fourth-order valence-electron chi connectivity index (χ4n) is 1.15. The minimum absolute atomic E-state index is 0.0269. The molecular formula is C9H12FN3O. The van der Waals surface area contributed by atoms with Gasteiger partial charge in [0, 0.05) is 12.7 Å². The number of benzene rings is 1. The van der Waals surface area contributed by atoms with Gasteiger partial charge in [0.1, 0.15) is 5.82 Å². The van der Waals surface area contributed by atoms with Crippen LogP contribution >= 0.6 is 0 Å². The van der Waals surface area contributed by atoms with E-state index in [1.54, 1.807) is 13.1 Å². The number of primary amides is 1. The third-order valence-corrected chi connectivity index (χ3v) is 1.78. The van der Waals surface area contributed by atoms with E-state index in [9.17, 15) is 9.18 Å². The Balaban J connectivity index is 2.90. The summed E-state index contributed by atoms with van der Waals surface area (Å²) in [5.41, 5.74) is 11.0. The molecule has 14 heavy (non-hydrogen) atoms. The van der Waals surface area contributed by atoms with E-state index >= 15 is 0 Å². The molecule has 0 aliphatic rings. The predicted molar refractivity (Wildman–Crippen MR) is 53.3 cm³/mol. The molecule has 1 aromatic rings. The molecule has 1 amide bonds. The smallest absolute Gasteiger partial charge is 0.236 e. The number of carbonyl (C=O) groups excluding carboxylic acids is 1. The predicted octanol–water partition coefficient (Wildman–Crippen LogP) is 0.329. The van der Waals surface area contributed by atoms with Crippen molar-refractivity contribution in [2.75, 3.05) is 24.2 Å². The van der Waals surface area contributed by atoms with Crippen molar-refractivity contribution in [2.45, 2.75) is 0 Å². The lowest BCUT2D eigenvalue weighted by Gasteiger charge is -2.17. The molecule has 76 valence electrons. The molecule has 0 saturated heterocycles. The van der Waals surface area contributed by atoms with Crippen LogP contribution in [0.4, 0.5) is 15.8 Å². The van der Waals surface area contributed by atoms with Crippen molar-refractivity contribution in [1.29, 1.82) is 0 Å². The molecule has 0 saturated carbocycles. The van der Waals surface area contributed by atoms with Gasteiger partial charge < -0.3 is 16.4 Å². The maximum Gasteiger partial charge on any atom is 0.236 e. The second-order valence-electron chi connectivity index (χ2n) is 3.03. The largest absolute Gasteiger partial charge is 0.399 e. The van der Waals surface area contributed by atoms with E-state index in [0.717, 1.165) is 0 Å². The van der Waals surface area contributed by atoms with E-state index < -0.39 is 11.7 Å². The lowest BCUT2D eigenvalue weighted by atomic mass is 10.2. The Labute approximate surface area is 81.3 Å². The van der Waals surface area contributed by atoms with Gasteiger partial charge in [0.2, 0.25) is 5.91 Å². The highest BCUT2D eigenvalue weighted by Crippen LogP contribution is 2.19. The van der Waals surface area contributed by atoms with Gasteiger partial charge in [-0.3, -0.25) is 4.79 Å². The molecule has 0 spiro atoms. The molecule has 0 bridgehead atoms. The summed E-state index contributed by atoms with van der Waals surface area (Å²) in [6.45, 7) is -0.0269. The SMILES string of the molecule is CN(CC(N)=O)c1ccc(N)cc1F. The molecule has 0 aliphatic heterocycles. The second-order valence-corrected chi connectivity index (χ2v) is 3.03. The first kappa shape index (κ1) is 10.3. The zero-order valence-electron chi connectivity index (χ0n) is 7.83. The average Bonchev–Trinajstić information content (AvgIpc) is 2.01. The summed E-state index contributed by atoms with van der Waals surface area (Å²) in [4.78, 5) is 12.0. The average molecular weight is 197 g/mol. The van der Waals surface area contributed by atoms with Crippen LogP contribution in [0.1, 0.15) is 0 Å². The van der Waals surface area contributed by atoms with Gasteiger partial charge in [0.05, 0.1) is 12.2 Å². The van der Waals surface area contributed by atoms with Crippen LogP contribution in [-0.2, 0) is 4.79 Å². The van der Waals surface area contributed by atoms with Crippen LogP contribution in [0.15, 0.2) is 18.2 Å². The Kier molecular flexibility index (Phi) is 2.91. The number of nitrogen functional groups attached to an aromatic ring is 1. The van der Waals surface area contributed by atoms with Gasteiger partial charge in [-0.05, 0) is 18.2 Å². The third kappa shape index (κ3) is 2.35. The molecule has 0 heterocycles. The van der Waals surface area contributed by atoms with Crippen LogP contribution in [0, 0.1) is 5.82 Å². The fourth-order valence-corrected chi connectivity index (χ4v) is 1.15. The standard InChI is InChI=1S/C9H12FN3O/c1-13(5-9(12)14)8-3-2-6(11)4-7(8)10/h2-4H,5,11H2,1H3,(H2,12,14). The van der Waals surface area contributed by atoms with Crippen molar-refractivity contribution in [2.24, 2.45) is 5.73 Å². The molecule has 4 nitrogen and oxygen atoms in total. The molecule has 0 aromatic heterocycles. The number of halogens is 1. The lowest BCUT2D eigenvalue weighted by molar-refractivity contribution is -0.116. The summed E-state index contributed by atoms with van der Waals surface area (Å²) >= 11 is 0. The zero-order chi connectivity index (χ0) is 10.7. The van der Waals surface area contributed by atoms with Gasteiger partial charge in [0.15, 0.2) is 0 Å². The molecule has 0 radical (unpaired) electrons. The summed E-state index contributed by atoms with van der Waals surface area (Å²) in [5.74, 6) is -0.975. The van der Waals surface area contributed by atoms with E-state index in [4.69, 9.17) is 11.5 Å². The summed E-state index contributed by atoms with van der Waals surface area (Å²) in [7, 11) is 1.58. The Morgan fingerprint density at radius 1 is 1.57 bits per heavy atom. The van der Waals surface area contributed by atoms with Crippen molar-refractivity contribution in [3.05, 3.63) is 24.0 Å². The maximum absolute atomic E-state index is 13.3. The number of hydrogen-bond acceptors (Lipinski definition) is 3. The highest BCUT2D eigenvalue weighted by molar-refractivity contribution is 5.79. The van der Waals surface area contributed by atoms with Gasteiger partial charge >= 0.3 is 0 Å². The number of rotatable bonds is 3. The highest BCUT2D eigenvalue weighted by atomic mass is 19.1. The lowest BCUT2D eigenvalue weighted by Crippen LogP contribution is -2.31. The van der Waals surface area contributed by atoms with Crippen molar-refractivity contribution >= 4 is 17.3 Å². The Bertz CT molecular complexity index is 354.